The molecule has 0 N–H and O–H groups in total. The molecule has 0 atom stereocenters. The number of hydrogen-bond acceptors (Lipinski definition) is 4. The van der Waals surface area contributed by atoms with E-state index in [4.69, 9.17) is 16.3 Å². The lowest BCUT2D eigenvalue weighted by atomic mass is 10.6. The Morgan fingerprint density at radius 2 is 2.55 bits per heavy atom. The summed E-state index contributed by atoms with van der Waals surface area (Å²) in [5.74, 6) is 0.418. The van der Waals surface area contributed by atoms with Crippen LogP contribution in [0.15, 0.2) is 18.9 Å². The Labute approximate surface area is 68.8 Å². The minimum atomic E-state index is 0.210. The number of rotatable bonds is 3. The molecular weight excluding hydrogens is 166 g/mol. The van der Waals surface area contributed by atoms with Gasteiger partial charge >= 0.3 is 0 Å². The molecule has 0 aliphatic rings. The zero-order valence-electron chi connectivity index (χ0n) is 5.70. The minimum Gasteiger partial charge on any atom is -0.485 e. The predicted octanol–water partition coefficient (Wildman–Crippen LogP) is 1.09. The third-order valence-electron chi connectivity index (χ3n) is 0.919. The molecule has 1 rings (SSSR count). The van der Waals surface area contributed by atoms with Crippen LogP contribution in [0, 0.1) is 0 Å². The fourth-order valence-corrected chi connectivity index (χ4v) is 0.629. The minimum absolute atomic E-state index is 0.210. The Morgan fingerprint density at radius 1 is 1.73 bits per heavy atom. The van der Waals surface area contributed by atoms with E-state index in [1.807, 2.05) is 0 Å². The van der Waals surface area contributed by atoms with Gasteiger partial charge in [0.25, 0.3) is 0 Å². The van der Waals surface area contributed by atoms with Crippen molar-refractivity contribution in [2.24, 2.45) is 0 Å². The second kappa shape index (κ2) is 3.88. The lowest BCUT2D eigenvalue weighted by Crippen LogP contribution is -1.96. The summed E-state index contributed by atoms with van der Waals surface area (Å²) in [6.07, 6.45) is 3.01. The van der Waals surface area contributed by atoms with Crippen molar-refractivity contribution in [3.05, 3.63) is 24.0 Å². The van der Waals surface area contributed by atoms with Crippen LogP contribution in [-0.2, 0) is 0 Å². The second-order valence-corrected chi connectivity index (χ2v) is 2.05. The average molecular weight is 172 g/mol. The van der Waals surface area contributed by atoms with E-state index in [-0.39, 0.29) is 5.15 Å². The fraction of sp³-hybridized carbons (Fsp3) is 0.167. The highest BCUT2D eigenvalue weighted by molar-refractivity contribution is 6.30. The van der Waals surface area contributed by atoms with Crippen molar-refractivity contribution >= 4 is 11.6 Å². The summed E-state index contributed by atoms with van der Waals surface area (Å²) in [5.41, 5.74) is 0. The molecule has 0 bridgehead atoms. The number of hydrogen-bond donors (Lipinski definition) is 0. The average Bonchev–Trinajstić information content (AvgIpc) is 2.03. The van der Waals surface area contributed by atoms with Gasteiger partial charge in [0.2, 0.25) is 0 Å². The van der Waals surface area contributed by atoms with Gasteiger partial charge in [0.15, 0.2) is 10.9 Å². The van der Waals surface area contributed by atoms with Crippen LogP contribution in [0.3, 0.4) is 0 Å². The smallest absolute Gasteiger partial charge is 0.197 e. The molecule has 0 spiro atoms. The van der Waals surface area contributed by atoms with Crippen molar-refractivity contribution in [1.82, 2.24) is 15.4 Å². The molecule has 11 heavy (non-hydrogen) atoms. The number of halogens is 1. The summed E-state index contributed by atoms with van der Waals surface area (Å²) in [6, 6.07) is 0. The zero-order valence-corrected chi connectivity index (χ0v) is 6.45. The van der Waals surface area contributed by atoms with E-state index in [0.717, 1.165) is 0 Å². The van der Waals surface area contributed by atoms with E-state index < -0.39 is 0 Å². The molecule has 0 aliphatic carbocycles. The van der Waals surface area contributed by atoms with Gasteiger partial charge in [-0.05, 0) is 5.21 Å². The maximum atomic E-state index is 5.59. The first kappa shape index (κ1) is 7.94. The number of nitrogens with zero attached hydrogens (tertiary/aromatic N) is 3. The van der Waals surface area contributed by atoms with Crippen LogP contribution in [0.4, 0.5) is 0 Å². The van der Waals surface area contributed by atoms with E-state index in [0.29, 0.717) is 12.4 Å². The number of ether oxygens (including phenoxy) is 1. The third-order valence-corrected chi connectivity index (χ3v) is 1.18. The molecule has 0 unspecified atom stereocenters. The van der Waals surface area contributed by atoms with Crippen molar-refractivity contribution in [3.63, 3.8) is 0 Å². The van der Waals surface area contributed by atoms with Gasteiger partial charge in [-0.2, -0.15) is 0 Å². The van der Waals surface area contributed by atoms with Gasteiger partial charge in [0, 0.05) is 0 Å². The summed E-state index contributed by atoms with van der Waals surface area (Å²) in [5, 5.41) is 10.5. The standard InChI is InChI=1S/C6H6ClN3O/c1-2-3-11-5-4-8-10-9-6(5)7/h2,4H,1,3H2. The summed E-state index contributed by atoms with van der Waals surface area (Å²) in [7, 11) is 0. The van der Waals surface area contributed by atoms with E-state index in [9.17, 15) is 0 Å². The maximum absolute atomic E-state index is 5.59. The highest BCUT2D eigenvalue weighted by atomic mass is 35.5. The first-order chi connectivity index (χ1) is 5.34. The Bertz CT molecular complexity index is 253. The Balaban J connectivity index is 2.69. The van der Waals surface area contributed by atoms with Crippen molar-refractivity contribution < 1.29 is 4.74 Å². The normalized spacial score (nSPS) is 9.18. The molecule has 0 saturated heterocycles. The van der Waals surface area contributed by atoms with E-state index in [2.05, 4.69) is 22.0 Å². The molecule has 0 aliphatic heterocycles. The maximum Gasteiger partial charge on any atom is 0.197 e. The molecule has 1 aromatic heterocycles. The molecule has 1 aromatic rings. The molecule has 5 heteroatoms. The molecule has 0 fully saturated rings. The topological polar surface area (TPSA) is 47.9 Å². The third kappa shape index (κ3) is 2.16. The monoisotopic (exact) mass is 171 g/mol. The Hall–Kier alpha value is -1.16. The molecule has 4 nitrogen and oxygen atoms in total. The van der Waals surface area contributed by atoms with Gasteiger partial charge in [0.05, 0.1) is 6.20 Å². The summed E-state index contributed by atoms with van der Waals surface area (Å²) >= 11 is 5.59. The molecular formula is C6H6ClN3O. The first-order valence-electron chi connectivity index (χ1n) is 2.92. The van der Waals surface area contributed by atoms with Crippen molar-refractivity contribution in [1.29, 1.82) is 0 Å². The van der Waals surface area contributed by atoms with Crippen LogP contribution in [0.25, 0.3) is 0 Å². The lowest BCUT2D eigenvalue weighted by Gasteiger charge is -2.00. The molecule has 0 aromatic carbocycles. The highest BCUT2D eigenvalue weighted by Gasteiger charge is 2.00. The molecule has 0 radical (unpaired) electrons. The Morgan fingerprint density at radius 3 is 3.18 bits per heavy atom. The second-order valence-electron chi connectivity index (χ2n) is 1.69. The first-order valence-corrected chi connectivity index (χ1v) is 3.30. The number of aromatic nitrogens is 3. The van der Waals surface area contributed by atoms with E-state index >= 15 is 0 Å². The summed E-state index contributed by atoms with van der Waals surface area (Å²) < 4.78 is 5.07. The van der Waals surface area contributed by atoms with Gasteiger partial charge in [-0.15, -0.1) is 10.2 Å². The van der Waals surface area contributed by atoms with Gasteiger partial charge in [0.1, 0.15) is 6.61 Å². The fourth-order valence-electron chi connectivity index (χ4n) is 0.491. The summed E-state index contributed by atoms with van der Waals surface area (Å²) in [6.45, 7) is 3.86. The molecule has 1 heterocycles. The van der Waals surface area contributed by atoms with Crippen LogP contribution in [0.2, 0.25) is 5.15 Å². The quantitative estimate of drug-likeness (QED) is 0.639. The highest BCUT2D eigenvalue weighted by Crippen LogP contribution is 2.17. The molecule has 58 valence electrons. The van der Waals surface area contributed by atoms with Crippen molar-refractivity contribution in [3.8, 4) is 5.75 Å². The van der Waals surface area contributed by atoms with Crippen LogP contribution >= 0.6 is 11.6 Å². The van der Waals surface area contributed by atoms with Crippen LogP contribution in [-0.4, -0.2) is 22.0 Å². The van der Waals surface area contributed by atoms with Crippen LogP contribution in [0.1, 0.15) is 0 Å². The largest absolute Gasteiger partial charge is 0.485 e. The van der Waals surface area contributed by atoms with Gasteiger partial charge in [-0.25, -0.2) is 0 Å². The SMILES string of the molecule is C=CCOc1cnnnc1Cl. The van der Waals surface area contributed by atoms with Crippen LogP contribution in [0.5, 0.6) is 5.75 Å². The van der Waals surface area contributed by atoms with Gasteiger partial charge in [-0.3, -0.25) is 0 Å². The van der Waals surface area contributed by atoms with Gasteiger partial charge < -0.3 is 4.74 Å². The summed E-state index contributed by atoms with van der Waals surface area (Å²) in [4.78, 5) is 0. The zero-order chi connectivity index (χ0) is 8.10. The predicted molar refractivity (Wildman–Crippen MR) is 40.5 cm³/mol. The van der Waals surface area contributed by atoms with Crippen LogP contribution < -0.4 is 4.74 Å². The van der Waals surface area contributed by atoms with E-state index in [1.165, 1.54) is 6.20 Å². The Kier molecular flexibility index (Phi) is 2.80. The van der Waals surface area contributed by atoms with Crippen molar-refractivity contribution in [2.45, 2.75) is 0 Å². The molecule has 0 saturated carbocycles. The van der Waals surface area contributed by atoms with Gasteiger partial charge in [-0.1, -0.05) is 24.3 Å². The lowest BCUT2D eigenvalue weighted by molar-refractivity contribution is 0.358. The van der Waals surface area contributed by atoms with E-state index in [1.54, 1.807) is 6.08 Å². The molecule has 0 amide bonds. The van der Waals surface area contributed by atoms with Crippen molar-refractivity contribution in [2.75, 3.05) is 6.61 Å².